The molecule has 2 aromatic heterocycles. The Hall–Kier alpha value is -1.69. The maximum Gasteiger partial charge on any atom is 0.262 e. The number of carbonyl (C=O) groups excluding carboxylic acids is 1. The fourth-order valence-electron chi connectivity index (χ4n) is 2.62. The molecule has 2 heterocycles. The zero-order valence-electron chi connectivity index (χ0n) is 14.6. The molecule has 2 aromatic rings. The van der Waals surface area contributed by atoms with Crippen molar-refractivity contribution < 1.29 is 4.79 Å². The van der Waals surface area contributed by atoms with Crippen molar-refractivity contribution in [1.82, 2.24) is 14.9 Å². The number of fused-ring (bicyclic) bond motifs is 1. The van der Waals surface area contributed by atoms with Crippen LogP contribution in [0.5, 0.6) is 0 Å². The molecule has 0 aliphatic heterocycles. The zero-order chi connectivity index (χ0) is 17.4. The fourth-order valence-corrected chi connectivity index (χ4v) is 3.35. The highest BCUT2D eigenvalue weighted by molar-refractivity contribution is 7.16. The molecule has 24 heavy (non-hydrogen) atoms. The van der Waals surface area contributed by atoms with E-state index >= 15 is 0 Å². The topological polar surface area (TPSA) is 64.0 Å². The van der Waals surface area contributed by atoms with Crippen LogP contribution in [0.25, 0.3) is 10.2 Å². The van der Waals surface area contributed by atoms with Crippen molar-refractivity contribution in [2.24, 2.45) is 5.92 Å². The fraction of sp³-hybridized carbons (Fsp3) is 0.611. The van der Waals surface area contributed by atoms with Crippen molar-refractivity contribution >= 4 is 27.5 Å². The van der Waals surface area contributed by atoms with E-state index in [1.54, 1.807) is 6.07 Å². The lowest BCUT2D eigenvalue weighted by Gasteiger charge is -2.07. The Morgan fingerprint density at radius 2 is 2.08 bits per heavy atom. The second-order valence-corrected chi connectivity index (χ2v) is 7.47. The van der Waals surface area contributed by atoms with Gasteiger partial charge in [-0.2, -0.15) is 0 Å². The van der Waals surface area contributed by atoms with E-state index in [-0.39, 0.29) is 11.5 Å². The first-order valence-corrected chi connectivity index (χ1v) is 9.65. The van der Waals surface area contributed by atoms with E-state index in [4.69, 9.17) is 0 Å². The summed E-state index contributed by atoms with van der Waals surface area (Å²) < 4.78 is 1.51. The second kappa shape index (κ2) is 9.57. The number of rotatable bonds is 10. The van der Waals surface area contributed by atoms with E-state index in [0.29, 0.717) is 18.4 Å². The van der Waals surface area contributed by atoms with E-state index in [1.165, 1.54) is 41.5 Å². The van der Waals surface area contributed by atoms with Crippen molar-refractivity contribution in [2.45, 2.75) is 58.9 Å². The van der Waals surface area contributed by atoms with Crippen molar-refractivity contribution in [2.75, 3.05) is 6.54 Å². The van der Waals surface area contributed by atoms with Crippen LogP contribution >= 0.6 is 11.3 Å². The Morgan fingerprint density at radius 1 is 1.29 bits per heavy atom. The quantitative estimate of drug-likeness (QED) is 0.667. The van der Waals surface area contributed by atoms with Gasteiger partial charge in [0.05, 0.1) is 11.7 Å². The van der Waals surface area contributed by atoms with Crippen LogP contribution in [0.3, 0.4) is 0 Å². The molecule has 1 N–H and O–H groups in total. The molecule has 0 saturated carbocycles. The van der Waals surface area contributed by atoms with Gasteiger partial charge in [-0.1, -0.05) is 39.5 Å². The average Bonchev–Trinajstić information content (AvgIpc) is 3.02. The molecule has 6 heteroatoms. The molecule has 1 amide bonds. The molecule has 0 aliphatic carbocycles. The van der Waals surface area contributed by atoms with Gasteiger partial charge in [-0.05, 0) is 23.8 Å². The molecule has 0 bridgehead atoms. The molecule has 0 radical (unpaired) electrons. The van der Waals surface area contributed by atoms with Crippen LogP contribution in [-0.2, 0) is 11.3 Å². The van der Waals surface area contributed by atoms with Crippen molar-refractivity contribution in [3.05, 3.63) is 28.1 Å². The Morgan fingerprint density at radius 3 is 2.88 bits per heavy atom. The molecule has 0 fully saturated rings. The Labute approximate surface area is 147 Å². The molecule has 0 unspecified atom stereocenters. The largest absolute Gasteiger partial charge is 0.356 e. The van der Waals surface area contributed by atoms with Crippen LogP contribution in [0.1, 0.15) is 52.4 Å². The third kappa shape index (κ3) is 5.74. The van der Waals surface area contributed by atoms with Crippen LogP contribution in [0.2, 0.25) is 0 Å². The molecular formula is C18H27N3O2S. The van der Waals surface area contributed by atoms with Gasteiger partial charge in [0.25, 0.3) is 5.56 Å². The summed E-state index contributed by atoms with van der Waals surface area (Å²) in [6, 6.07) is 1.78. The average molecular weight is 350 g/mol. The first kappa shape index (κ1) is 18.6. The number of aromatic nitrogens is 2. The molecule has 0 saturated heterocycles. The lowest BCUT2D eigenvalue weighted by Crippen LogP contribution is -2.28. The second-order valence-electron chi connectivity index (χ2n) is 6.58. The summed E-state index contributed by atoms with van der Waals surface area (Å²) in [5.74, 6) is 0.769. The zero-order valence-corrected chi connectivity index (χ0v) is 15.4. The van der Waals surface area contributed by atoms with E-state index < -0.39 is 0 Å². The standard InChI is InChI=1S/C18H27N3O2S/c1-14(2)7-5-3-4-6-10-19-16(22)8-11-21-13-20-17-15(18(21)23)9-12-24-17/h9,12-14H,3-8,10-11H2,1-2H3,(H,19,22). The minimum atomic E-state index is -0.0702. The summed E-state index contributed by atoms with van der Waals surface area (Å²) in [5, 5.41) is 5.42. The predicted molar refractivity (Wildman–Crippen MR) is 99.4 cm³/mol. The first-order valence-electron chi connectivity index (χ1n) is 8.77. The highest BCUT2D eigenvalue weighted by Crippen LogP contribution is 2.13. The molecular weight excluding hydrogens is 322 g/mol. The Bertz CT molecular complexity index is 706. The van der Waals surface area contributed by atoms with Gasteiger partial charge in [0.2, 0.25) is 5.91 Å². The van der Waals surface area contributed by atoms with Gasteiger partial charge < -0.3 is 5.32 Å². The first-order chi connectivity index (χ1) is 11.6. The molecule has 5 nitrogen and oxygen atoms in total. The van der Waals surface area contributed by atoms with Crippen LogP contribution < -0.4 is 10.9 Å². The third-order valence-electron chi connectivity index (χ3n) is 4.06. The van der Waals surface area contributed by atoms with Gasteiger partial charge >= 0.3 is 0 Å². The van der Waals surface area contributed by atoms with Gasteiger partial charge in [0.15, 0.2) is 0 Å². The number of thiophene rings is 1. The van der Waals surface area contributed by atoms with Gasteiger partial charge in [0.1, 0.15) is 4.83 Å². The Kier molecular flexibility index (Phi) is 7.43. The minimum Gasteiger partial charge on any atom is -0.356 e. The van der Waals surface area contributed by atoms with E-state index in [1.807, 2.05) is 5.38 Å². The monoisotopic (exact) mass is 349 g/mol. The van der Waals surface area contributed by atoms with Gasteiger partial charge in [0, 0.05) is 19.5 Å². The maximum atomic E-state index is 12.2. The summed E-state index contributed by atoms with van der Waals surface area (Å²) in [6.45, 7) is 5.59. The van der Waals surface area contributed by atoms with E-state index in [9.17, 15) is 9.59 Å². The summed E-state index contributed by atoms with van der Waals surface area (Å²) in [7, 11) is 0. The maximum absolute atomic E-state index is 12.2. The molecule has 0 spiro atoms. The lowest BCUT2D eigenvalue weighted by molar-refractivity contribution is -0.121. The van der Waals surface area contributed by atoms with Gasteiger partial charge in [-0.25, -0.2) is 4.98 Å². The molecule has 2 rings (SSSR count). The van der Waals surface area contributed by atoms with Gasteiger partial charge in [-0.15, -0.1) is 11.3 Å². The van der Waals surface area contributed by atoms with Crippen LogP contribution in [0, 0.1) is 5.92 Å². The number of amides is 1. The number of hydrogen-bond acceptors (Lipinski definition) is 4. The molecule has 132 valence electrons. The predicted octanol–water partition coefficient (Wildman–Crippen LogP) is 3.57. The number of aryl methyl sites for hydroxylation is 1. The highest BCUT2D eigenvalue weighted by atomic mass is 32.1. The number of nitrogens with one attached hydrogen (secondary N) is 1. The number of nitrogens with zero attached hydrogens (tertiary/aromatic N) is 2. The summed E-state index contributed by atoms with van der Waals surface area (Å²) in [5.41, 5.74) is -0.0702. The minimum absolute atomic E-state index is 0.00510. The van der Waals surface area contributed by atoms with Crippen molar-refractivity contribution in [3.63, 3.8) is 0 Å². The number of unbranched alkanes of at least 4 members (excludes halogenated alkanes) is 3. The lowest BCUT2D eigenvalue weighted by atomic mass is 10.0. The van der Waals surface area contributed by atoms with Crippen LogP contribution in [0.4, 0.5) is 0 Å². The van der Waals surface area contributed by atoms with Crippen molar-refractivity contribution in [1.29, 1.82) is 0 Å². The summed E-state index contributed by atoms with van der Waals surface area (Å²) in [6.07, 6.45) is 7.80. The number of carbonyl (C=O) groups is 1. The molecule has 0 atom stereocenters. The normalized spacial score (nSPS) is 11.3. The molecule has 0 aliphatic rings. The summed E-state index contributed by atoms with van der Waals surface area (Å²) in [4.78, 5) is 29.1. The van der Waals surface area contributed by atoms with E-state index in [0.717, 1.165) is 30.1 Å². The van der Waals surface area contributed by atoms with E-state index in [2.05, 4.69) is 24.1 Å². The van der Waals surface area contributed by atoms with Crippen LogP contribution in [0.15, 0.2) is 22.6 Å². The summed E-state index contributed by atoms with van der Waals surface area (Å²) >= 11 is 1.45. The SMILES string of the molecule is CC(C)CCCCCCNC(=O)CCn1cnc2sccc2c1=O. The Balaban J connectivity index is 1.64. The smallest absolute Gasteiger partial charge is 0.262 e. The van der Waals surface area contributed by atoms with Gasteiger partial charge in [-0.3, -0.25) is 14.2 Å². The van der Waals surface area contributed by atoms with Crippen LogP contribution in [-0.4, -0.2) is 22.0 Å². The molecule has 0 aromatic carbocycles. The third-order valence-corrected chi connectivity index (χ3v) is 4.88. The number of hydrogen-bond donors (Lipinski definition) is 1. The van der Waals surface area contributed by atoms with Crippen molar-refractivity contribution in [3.8, 4) is 0 Å². The highest BCUT2D eigenvalue weighted by Gasteiger charge is 2.07.